The van der Waals surface area contributed by atoms with Gasteiger partial charge in [-0.2, -0.15) is 0 Å². The van der Waals surface area contributed by atoms with Crippen LogP contribution in [-0.2, 0) is 13.1 Å². The Morgan fingerprint density at radius 1 is 1.10 bits per heavy atom. The van der Waals surface area contributed by atoms with Gasteiger partial charge in [0, 0.05) is 42.6 Å². The molecule has 1 aromatic carbocycles. The van der Waals surface area contributed by atoms with Gasteiger partial charge in [0.05, 0.1) is 5.52 Å². The molecular weight excluding hydrogens is 258 g/mol. The molecule has 0 amide bonds. The molecule has 2 heterocycles. The van der Waals surface area contributed by atoms with E-state index in [0.717, 1.165) is 18.6 Å². The summed E-state index contributed by atoms with van der Waals surface area (Å²) in [6.07, 6.45) is 4.04. The van der Waals surface area contributed by atoms with Gasteiger partial charge in [-0.3, -0.25) is 4.98 Å². The molecule has 0 spiro atoms. The Kier molecular flexibility index (Phi) is 4.02. The van der Waals surface area contributed by atoms with Crippen molar-refractivity contribution in [3.05, 3.63) is 66.1 Å². The average molecular weight is 279 g/mol. The van der Waals surface area contributed by atoms with Gasteiger partial charge < -0.3 is 9.88 Å². The first-order chi connectivity index (χ1) is 10.2. The Morgan fingerprint density at radius 2 is 1.95 bits per heavy atom. The van der Waals surface area contributed by atoms with Crippen LogP contribution in [0, 0.1) is 0 Å². The van der Waals surface area contributed by atoms with Gasteiger partial charge in [-0.15, -0.1) is 0 Å². The summed E-state index contributed by atoms with van der Waals surface area (Å²) in [4.78, 5) is 4.43. The maximum atomic E-state index is 4.43. The molecule has 0 atom stereocenters. The molecule has 0 radical (unpaired) electrons. The largest absolute Gasteiger partial charge is 0.346 e. The zero-order valence-corrected chi connectivity index (χ0v) is 12.6. The summed E-state index contributed by atoms with van der Waals surface area (Å²) in [6.45, 7) is 6.12. The number of hydrogen-bond donors (Lipinski definition) is 1. The lowest BCUT2D eigenvalue weighted by Gasteiger charge is -2.13. The number of nitrogens with zero attached hydrogens (tertiary/aromatic N) is 2. The van der Waals surface area contributed by atoms with Crippen molar-refractivity contribution in [2.75, 3.05) is 0 Å². The highest BCUT2D eigenvalue weighted by Crippen LogP contribution is 2.18. The van der Waals surface area contributed by atoms with Crippen LogP contribution < -0.4 is 5.32 Å². The van der Waals surface area contributed by atoms with Crippen molar-refractivity contribution in [2.24, 2.45) is 0 Å². The van der Waals surface area contributed by atoms with Crippen molar-refractivity contribution in [3.8, 4) is 0 Å². The van der Waals surface area contributed by atoms with Crippen LogP contribution in [0.2, 0.25) is 0 Å². The minimum absolute atomic E-state index is 0.495. The first-order valence-corrected chi connectivity index (χ1v) is 7.44. The predicted molar refractivity (Wildman–Crippen MR) is 87.3 cm³/mol. The van der Waals surface area contributed by atoms with Crippen LogP contribution in [-0.4, -0.2) is 15.6 Å². The van der Waals surface area contributed by atoms with Gasteiger partial charge >= 0.3 is 0 Å². The van der Waals surface area contributed by atoms with E-state index in [-0.39, 0.29) is 0 Å². The van der Waals surface area contributed by atoms with Gasteiger partial charge in [0.25, 0.3) is 0 Å². The molecular formula is C18H21N3. The second kappa shape index (κ2) is 6.10. The highest BCUT2D eigenvalue weighted by atomic mass is 15.0. The molecule has 2 aromatic heterocycles. The number of para-hydroxylation sites is 1. The summed E-state index contributed by atoms with van der Waals surface area (Å²) in [5.74, 6) is 0. The number of rotatable bonds is 5. The molecule has 3 rings (SSSR count). The third-order valence-corrected chi connectivity index (χ3v) is 3.69. The van der Waals surface area contributed by atoms with Crippen LogP contribution in [0.25, 0.3) is 10.9 Å². The normalized spacial score (nSPS) is 11.4. The maximum absolute atomic E-state index is 4.43. The fourth-order valence-corrected chi connectivity index (χ4v) is 2.55. The standard InChI is InChI=1S/C18H21N3/c1-14(2)20-12-16-6-5-11-21(16)13-15-9-10-19-18-8-4-3-7-17(15)18/h3-11,14,20H,12-13H2,1-2H3. The summed E-state index contributed by atoms with van der Waals surface area (Å²) in [5, 5.41) is 4.71. The Bertz CT molecular complexity index is 723. The molecule has 0 unspecified atom stereocenters. The van der Waals surface area contributed by atoms with E-state index >= 15 is 0 Å². The second-order valence-electron chi connectivity index (χ2n) is 5.65. The molecule has 3 aromatic rings. The van der Waals surface area contributed by atoms with E-state index in [9.17, 15) is 0 Å². The number of hydrogen-bond acceptors (Lipinski definition) is 2. The smallest absolute Gasteiger partial charge is 0.0705 e. The minimum Gasteiger partial charge on any atom is -0.346 e. The molecule has 0 bridgehead atoms. The second-order valence-corrected chi connectivity index (χ2v) is 5.65. The molecule has 0 aliphatic carbocycles. The summed E-state index contributed by atoms with van der Waals surface area (Å²) >= 11 is 0. The van der Waals surface area contributed by atoms with Crippen molar-refractivity contribution in [1.29, 1.82) is 0 Å². The highest BCUT2D eigenvalue weighted by Gasteiger charge is 2.06. The first kappa shape index (κ1) is 13.8. The van der Waals surface area contributed by atoms with Crippen LogP contribution in [0.4, 0.5) is 0 Å². The van der Waals surface area contributed by atoms with Crippen molar-refractivity contribution >= 4 is 10.9 Å². The SMILES string of the molecule is CC(C)NCc1cccn1Cc1ccnc2ccccc12. The predicted octanol–water partition coefficient (Wildman–Crippen LogP) is 3.58. The zero-order valence-electron chi connectivity index (χ0n) is 12.6. The number of pyridine rings is 1. The Labute approximate surface area is 125 Å². The topological polar surface area (TPSA) is 29.9 Å². The first-order valence-electron chi connectivity index (χ1n) is 7.44. The van der Waals surface area contributed by atoms with Crippen molar-refractivity contribution in [2.45, 2.75) is 33.0 Å². The average Bonchev–Trinajstić information content (AvgIpc) is 2.93. The summed E-state index contributed by atoms with van der Waals surface area (Å²) in [5.41, 5.74) is 3.68. The monoisotopic (exact) mass is 279 g/mol. The van der Waals surface area contributed by atoms with E-state index in [0.29, 0.717) is 6.04 Å². The lowest BCUT2D eigenvalue weighted by Crippen LogP contribution is -2.23. The van der Waals surface area contributed by atoms with E-state index in [1.165, 1.54) is 16.6 Å². The molecule has 0 saturated heterocycles. The van der Waals surface area contributed by atoms with Gasteiger partial charge in [0.15, 0.2) is 0 Å². The number of benzene rings is 1. The Morgan fingerprint density at radius 3 is 2.81 bits per heavy atom. The minimum atomic E-state index is 0.495. The molecule has 3 nitrogen and oxygen atoms in total. The third kappa shape index (κ3) is 3.14. The van der Waals surface area contributed by atoms with E-state index < -0.39 is 0 Å². The van der Waals surface area contributed by atoms with E-state index in [1.54, 1.807) is 0 Å². The molecule has 108 valence electrons. The number of fused-ring (bicyclic) bond motifs is 1. The van der Waals surface area contributed by atoms with Gasteiger partial charge in [-0.1, -0.05) is 32.0 Å². The van der Waals surface area contributed by atoms with Gasteiger partial charge in [0.1, 0.15) is 0 Å². The summed E-state index contributed by atoms with van der Waals surface area (Å²) in [6, 6.07) is 15.2. The van der Waals surface area contributed by atoms with E-state index in [2.05, 4.69) is 71.3 Å². The third-order valence-electron chi connectivity index (χ3n) is 3.69. The summed E-state index contributed by atoms with van der Waals surface area (Å²) in [7, 11) is 0. The van der Waals surface area contributed by atoms with Crippen LogP contribution in [0.5, 0.6) is 0 Å². The molecule has 0 saturated carbocycles. The molecule has 3 heteroatoms. The van der Waals surface area contributed by atoms with E-state index in [1.807, 2.05) is 12.3 Å². The van der Waals surface area contributed by atoms with Crippen LogP contribution in [0.3, 0.4) is 0 Å². The van der Waals surface area contributed by atoms with Gasteiger partial charge in [-0.05, 0) is 29.8 Å². The van der Waals surface area contributed by atoms with Gasteiger partial charge in [0.2, 0.25) is 0 Å². The Hall–Kier alpha value is -2.13. The molecule has 0 aliphatic rings. The maximum Gasteiger partial charge on any atom is 0.0705 e. The fraction of sp³-hybridized carbons (Fsp3) is 0.278. The number of aromatic nitrogens is 2. The molecule has 1 N–H and O–H groups in total. The Balaban J connectivity index is 1.87. The van der Waals surface area contributed by atoms with Crippen molar-refractivity contribution < 1.29 is 0 Å². The zero-order chi connectivity index (χ0) is 14.7. The fourth-order valence-electron chi connectivity index (χ4n) is 2.55. The van der Waals surface area contributed by atoms with E-state index in [4.69, 9.17) is 0 Å². The number of nitrogens with one attached hydrogen (secondary N) is 1. The quantitative estimate of drug-likeness (QED) is 0.773. The van der Waals surface area contributed by atoms with Crippen LogP contribution in [0.15, 0.2) is 54.9 Å². The molecule has 0 aliphatic heterocycles. The summed E-state index contributed by atoms with van der Waals surface area (Å²) < 4.78 is 2.30. The van der Waals surface area contributed by atoms with Crippen LogP contribution >= 0.6 is 0 Å². The molecule has 0 fully saturated rings. The lowest BCUT2D eigenvalue weighted by molar-refractivity contribution is 0.565. The van der Waals surface area contributed by atoms with Crippen molar-refractivity contribution in [1.82, 2.24) is 14.9 Å². The molecule has 21 heavy (non-hydrogen) atoms. The van der Waals surface area contributed by atoms with Crippen molar-refractivity contribution in [3.63, 3.8) is 0 Å². The van der Waals surface area contributed by atoms with Crippen LogP contribution in [0.1, 0.15) is 25.1 Å². The van der Waals surface area contributed by atoms with Gasteiger partial charge in [-0.25, -0.2) is 0 Å². The highest BCUT2D eigenvalue weighted by molar-refractivity contribution is 5.81. The lowest BCUT2D eigenvalue weighted by atomic mass is 10.1.